The molecule has 5 rings (SSSR count). The molecule has 3 amide bonds. The van der Waals surface area contributed by atoms with Crippen molar-refractivity contribution < 1.29 is 24.2 Å². The molecule has 1 aromatic rings. The molecule has 1 unspecified atom stereocenters. The summed E-state index contributed by atoms with van der Waals surface area (Å²) in [6, 6.07) is 5.21. The van der Waals surface area contributed by atoms with Crippen molar-refractivity contribution in [3.8, 4) is 0 Å². The molecular formula is C31H41N3O5. The molecule has 2 saturated heterocycles. The number of hydrogen-bond acceptors (Lipinski definition) is 5. The van der Waals surface area contributed by atoms with Crippen molar-refractivity contribution in [3.63, 3.8) is 0 Å². The van der Waals surface area contributed by atoms with E-state index in [0.717, 1.165) is 42.5 Å². The van der Waals surface area contributed by atoms with Gasteiger partial charge in [-0.1, -0.05) is 56.2 Å². The number of ether oxygens (including phenoxy) is 1. The van der Waals surface area contributed by atoms with Crippen LogP contribution in [0.3, 0.4) is 0 Å². The van der Waals surface area contributed by atoms with Crippen LogP contribution in [0.15, 0.2) is 42.5 Å². The predicted octanol–water partition coefficient (Wildman–Crippen LogP) is 3.15. The van der Waals surface area contributed by atoms with Crippen molar-refractivity contribution in [3.05, 3.63) is 53.6 Å². The van der Waals surface area contributed by atoms with Crippen molar-refractivity contribution in [2.75, 3.05) is 37.7 Å². The van der Waals surface area contributed by atoms with Crippen molar-refractivity contribution >= 4 is 23.4 Å². The fourth-order valence-corrected chi connectivity index (χ4v) is 6.87. The van der Waals surface area contributed by atoms with E-state index >= 15 is 0 Å². The fourth-order valence-electron chi connectivity index (χ4n) is 6.87. The van der Waals surface area contributed by atoms with Crippen molar-refractivity contribution in [2.24, 2.45) is 11.8 Å². The standard InChI is InChI=1S/C31H41N3O5/c1-4-15-32-16-9-11-24-25(28(32)36)26-29(37)34(17-7-5-6-8-19-35)27-30(38)33(18-10-14-31(26,27)39-24)23-20-21(2)12-13-22(23)3/h9-14,20,24-27,35H,4-8,15-19H2,1-3H3/t24-,25+,26-,27?,31-/m0/s1. The van der Waals surface area contributed by atoms with E-state index in [4.69, 9.17) is 9.84 Å². The Morgan fingerprint density at radius 2 is 1.77 bits per heavy atom. The van der Waals surface area contributed by atoms with Crippen LogP contribution in [0.5, 0.6) is 0 Å². The van der Waals surface area contributed by atoms with Crippen LogP contribution in [0.4, 0.5) is 5.69 Å². The lowest BCUT2D eigenvalue weighted by molar-refractivity contribution is -0.144. The first kappa shape index (κ1) is 27.6. The number of fused-ring (bicyclic) bond motifs is 2. The quantitative estimate of drug-likeness (QED) is 0.388. The zero-order chi connectivity index (χ0) is 27.7. The number of rotatable bonds is 9. The van der Waals surface area contributed by atoms with Crippen molar-refractivity contribution in [1.29, 1.82) is 0 Å². The second-order valence-corrected chi connectivity index (χ2v) is 11.4. The number of carbonyl (C=O) groups is 3. The summed E-state index contributed by atoms with van der Waals surface area (Å²) in [6.45, 7) is 8.08. The van der Waals surface area contributed by atoms with E-state index in [2.05, 4.69) is 0 Å². The minimum Gasteiger partial charge on any atom is -0.396 e. The van der Waals surface area contributed by atoms with Crippen LogP contribution < -0.4 is 4.90 Å². The molecule has 8 heteroatoms. The summed E-state index contributed by atoms with van der Waals surface area (Å²) in [5.74, 6) is -1.82. The number of unbranched alkanes of at least 4 members (excludes halogenated alkanes) is 3. The third-order valence-corrected chi connectivity index (χ3v) is 8.70. The van der Waals surface area contributed by atoms with Gasteiger partial charge in [-0.3, -0.25) is 14.4 Å². The van der Waals surface area contributed by atoms with Gasteiger partial charge in [-0.25, -0.2) is 0 Å². The number of benzene rings is 1. The third-order valence-electron chi connectivity index (χ3n) is 8.70. The molecule has 1 spiro atoms. The van der Waals surface area contributed by atoms with E-state index in [1.54, 1.807) is 9.80 Å². The van der Waals surface area contributed by atoms with Crippen LogP contribution in [0.2, 0.25) is 0 Å². The average Bonchev–Trinajstić information content (AvgIpc) is 3.23. The van der Waals surface area contributed by atoms with E-state index in [0.29, 0.717) is 32.6 Å². The van der Waals surface area contributed by atoms with Gasteiger partial charge in [0.05, 0.1) is 17.9 Å². The topological polar surface area (TPSA) is 90.4 Å². The summed E-state index contributed by atoms with van der Waals surface area (Å²) >= 11 is 0. The second-order valence-electron chi connectivity index (χ2n) is 11.4. The van der Waals surface area contributed by atoms with Crippen molar-refractivity contribution in [1.82, 2.24) is 9.80 Å². The van der Waals surface area contributed by atoms with Gasteiger partial charge in [-0.15, -0.1) is 0 Å². The summed E-state index contributed by atoms with van der Waals surface area (Å²) in [5, 5.41) is 9.16. The Labute approximate surface area is 231 Å². The molecule has 5 atom stereocenters. The smallest absolute Gasteiger partial charge is 0.253 e. The Morgan fingerprint density at radius 1 is 0.974 bits per heavy atom. The highest BCUT2D eigenvalue weighted by Gasteiger charge is 2.71. The molecule has 0 aromatic heterocycles. The lowest BCUT2D eigenvalue weighted by Gasteiger charge is -2.35. The number of hydrogen-bond donors (Lipinski definition) is 1. The first-order valence-corrected chi connectivity index (χ1v) is 14.4. The maximum atomic E-state index is 14.5. The maximum absolute atomic E-state index is 14.5. The molecule has 1 N–H and O–H groups in total. The van der Waals surface area contributed by atoms with E-state index in [9.17, 15) is 14.4 Å². The Hall–Kier alpha value is -2.97. The summed E-state index contributed by atoms with van der Waals surface area (Å²) in [7, 11) is 0. The van der Waals surface area contributed by atoms with Gasteiger partial charge in [0.1, 0.15) is 11.6 Å². The highest BCUT2D eigenvalue weighted by atomic mass is 16.5. The molecule has 1 aromatic carbocycles. The minimum absolute atomic E-state index is 0.0675. The van der Waals surface area contributed by atoms with E-state index in [1.165, 1.54) is 0 Å². The van der Waals surface area contributed by atoms with Crippen LogP contribution in [0.1, 0.15) is 50.2 Å². The number of aliphatic hydroxyl groups excluding tert-OH is 1. The molecule has 8 nitrogen and oxygen atoms in total. The molecule has 210 valence electrons. The second kappa shape index (κ2) is 11.3. The van der Waals surface area contributed by atoms with Gasteiger partial charge >= 0.3 is 0 Å². The van der Waals surface area contributed by atoms with Gasteiger partial charge < -0.3 is 24.5 Å². The third kappa shape index (κ3) is 4.72. The first-order valence-electron chi connectivity index (χ1n) is 14.4. The van der Waals surface area contributed by atoms with Gasteiger partial charge in [0, 0.05) is 38.5 Å². The molecule has 4 aliphatic rings. The number of carbonyl (C=O) groups excluding carboxylic acids is 3. The van der Waals surface area contributed by atoms with E-state index in [-0.39, 0.29) is 24.3 Å². The number of amides is 3. The Kier molecular flexibility index (Phi) is 7.96. The number of aliphatic hydroxyl groups is 1. The van der Waals surface area contributed by atoms with Gasteiger partial charge in [0.25, 0.3) is 5.91 Å². The molecular weight excluding hydrogens is 494 g/mol. The van der Waals surface area contributed by atoms with Gasteiger partial charge in [0.2, 0.25) is 11.8 Å². The zero-order valence-electron chi connectivity index (χ0n) is 23.3. The molecule has 0 bridgehead atoms. The monoisotopic (exact) mass is 535 g/mol. The number of likely N-dealkylation sites (tertiary alicyclic amines) is 1. The highest BCUT2D eigenvalue weighted by molar-refractivity contribution is 6.06. The molecule has 4 heterocycles. The normalized spacial score (nSPS) is 29.9. The lowest BCUT2D eigenvalue weighted by atomic mass is 9.77. The molecule has 0 saturated carbocycles. The average molecular weight is 536 g/mol. The molecule has 2 fully saturated rings. The molecule has 0 radical (unpaired) electrons. The van der Waals surface area contributed by atoms with Crippen molar-refractivity contribution in [2.45, 2.75) is 70.6 Å². The van der Waals surface area contributed by atoms with Crippen LogP contribution in [0.25, 0.3) is 0 Å². The fraction of sp³-hybridized carbons (Fsp3) is 0.581. The Balaban J connectivity index is 1.55. The largest absolute Gasteiger partial charge is 0.396 e. The van der Waals surface area contributed by atoms with Gasteiger partial charge in [-0.2, -0.15) is 0 Å². The highest BCUT2D eigenvalue weighted by Crippen LogP contribution is 2.53. The molecule has 39 heavy (non-hydrogen) atoms. The van der Waals surface area contributed by atoms with E-state index in [1.807, 2.05) is 68.2 Å². The summed E-state index contributed by atoms with van der Waals surface area (Å²) < 4.78 is 6.73. The van der Waals surface area contributed by atoms with Crippen LogP contribution >= 0.6 is 0 Å². The molecule has 4 aliphatic heterocycles. The zero-order valence-corrected chi connectivity index (χ0v) is 23.3. The molecule has 0 aliphatic carbocycles. The summed E-state index contributed by atoms with van der Waals surface area (Å²) in [6.07, 6.45) is 11.1. The number of nitrogens with zero attached hydrogens (tertiary/aromatic N) is 3. The van der Waals surface area contributed by atoms with Gasteiger partial charge in [-0.05, 0) is 50.3 Å². The lowest BCUT2D eigenvalue weighted by Crippen LogP contribution is -2.55. The minimum atomic E-state index is -1.20. The van der Waals surface area contributed by atoms with Crippen LogP contribution in [-0.2, 0) is 19.1 Å². The number of anilines is 1. The maximum Gasteiger partial charge on any atom is 0.253 e. The summed E-state index contributed by atoms with van der Waals surface area (Å²) in [4.78, 5) is 47.9. The number of aryl methyl sites for hydroxylation is 2. The Bertz CT molecular complexity index is 1180. The SMILES string of the molecule is CCCN1CC=C[C@@H]2O[C@]34C=CCN(c5cc(C)ccc5C)C(=O)C3N(CCCCCCO)C(=O)[C@@H]4[C@@H]2C1=O. The predicted molar refractivity (Wildman–Crippen MR) is 149 cm³/mol. The van der Waals surface area contributed by atoms with Crippen LogP contribution in [0, 0.1) is 25.7 Å². The van der Waals surface area contributed by atoms with Crippen LogP contribution in [-0.4, -0.2) is 83.2 Å². The summed E-state index contributed by atoms with van der Waals surface area (Å²) in [5.41, 5.74) is 1.67. The van der Waals surface area contributed by atoms with E-state index < -0.39 is 29.6 Å². The Morgan fingerprint density at radius 3 is 2.54 bits per heavy atom. The first-order chi connectivity index (χ1) is 18.8. The van der Waals surface area contributed by atoms with Gasteiger partial charge in [0.15, 0.2) is 0 Å².